The lowest BCUT2D eigenvalue weighted by molar-refractivity contribution is 0.0740. The zero-order valence-corrected chi connectivity index (χ0v) is 16.3. The van der Waals surface area contributed by atoms with E-state index in [1.165, 1.54) is 30.4 Å². The molecule has 0 aliphatic carbocycles. The van der Waals surface area contributed by atoms with Crippen molar-refractivity contribution in [2.75, 3.05) is 42.9 Å². The Morgan fingerprint density at radius 1 is 1.11 bits per heavy atom. The van der Waals surface area contributed by atoms with Crippen LogP contribution >= 0.6 is 0 Å². The Balaban J connectivity index is 1.56. The Kier molecular flexibility index (Phi) is 6.63. The van der Waals surface area contributed by atoms with E-state index in [2.05, 4.69) is 58.3 Å². The van der Waals surface area contributed by atoms with Crippen molar-refractivity contribution in [2.24, 2.45) is 0 Å². The highest BCUT2D eigenvalue weighted by Crippen LogP contribution is 2.18. The van der Waals surface area contributed by atoms with E-state index < -0.39 is 0 Å². The first-order chi connectivity index (χ1) is 13.2. The van der Waals surface area contributed by atoms with Crippen LogP contribution in [0.15, 0.2) is 36.7 Å². The number of benzene rings is 1. The average Bonchev–Trinajstić information content (AvgIpc) is 2.71. The molecular weight excluding hydrogens is 338 g/mol. The number of hydrogen-bond acceptors (Lipinski definition) is 5. The average molecular weight is 367 g/mol. The number of amides is 1. The Hall–Kier alpha value is -2.63. The summed E-state index contributed by atoms with van der Waals surface area (Å²) in [6, 6.07) is 10.3. The number of rotatable bonds is 7. The SMILES string of the molecule is CCCCCNc1cc(C(=O)N2CCN(c3cccc(C)c3)CC2)ncn1. The maximum Gasteiger partial charge on any atom is 0.272 e. The van der Waals surface area contributed by atoms with Crippen molar-refractivity contribution in [3.8, 4) is 0 Å². The Morgan fingerprint density at radius 2 is 1.93 bits per heavy atom. The molecule has 144 valence electrons. The van der Waals surface area contributed by atoms with Crippen LogP contribution in [0.4, 0.5) is 11.5 Å². The minimum absolute atomic E-state index is 0.0158. The van der Waals surface area contributed by atoms with Crippen molar-refractivity contribution < 1.29 is 4.79 Å². The predicted molar refractivity (Wildman–Crippen MR) is 109 cm³/mol. The summed E-state index contributed by atoms with van der Waals surface area (Å²) in [4.78, 5) is 25.4. The molecule has 1 fully saturated rings. The van der Waals surface area contributed by atoms with Gasteiger partial charge >= 0.3 is 0 Å². The minimum atomic E-state index is -0.0158. The second kappa shape index (κ2) is 9.35. The van der Waals surface area contributed by atoms with Crippen molar-refractivity contribution in [2.45, 2.75) is 33.1 Å². The molecule has 27 heavy (non-hydrogen) atoms. The van der Waals surface area contributed by atoms with Crippen molar-refractivity contribution in [3.05, 3.63) is 47.9 Å². The van der Waals surface area contributed by atoms with Crippen LogP contribution in [0.25, 0.3) is 0 Å². The maximum absolute atomic E-state index is 12.8. The van der Waals surface area contributed by atoms with Gasteiger partial charge in [-0.05, 0) is 31.0 Å². The smallest absolute Gasteiger partial charge is 0.272 e. The number of anilines is 2. The van der Waals surface area contributed by atoms with Gasteiger partial charge in [0.2, 0.25) is 0 Å². The first kappa shape index (κ1) is 19.1. The van der Waals surface area contributed by atoms with Crippen LogP contribution in [-0.4, -0.2) is 53.5 Å². The zero-order valence-electron chi connectivity index (χ0n) is 16.3. The number of nitrogens with zero attached hydrogens (tertiary/aromatic N) is 4. The van der Waals surface area contributed by atoms with Gasteiger partial charge in [0.05, 0.1) is 0 Å². The van der Waals surface area contributed by atoms with Crippen LogP contribution in [0.1, 0.15) is 42.2 Å². The molecule has 0 spiro atoms. The van der Waals surface area contributed by atoms with Gasteiger partial charge in [-0.2, -0.15) is 0 Å². The van der Waals surface area contributed by atoms with Crippen LogP contribution in [-0.2, 0) is 0 Å². The van der Waals surface area contributed by atoms with E-state index in [0.717, 1.165) is 31.9 Å². The molecule has 1 saturated heterocycles. The summed E-state index contributed by atoms with van der Waals surface area (Å²) >= 11 is 0. The van der Waals surface area contributed by atoms with Crippen molar-refractivity contribution >= 4 is 17.4 Å². The largest absolute Gasteiger partial charge is 0.370 e. The third-order valence-corrected chi connectivity index (χ3v) is 4.91. The summed E-state index contributed by atoms with van der Waals surface area (Å²) in [6.07, 6.45) is 4.95. The summed E-state index contributed by atoms with van der Waals surface area (Å²) in [7, 11) is 0. The lowest BCUT2D eigenvalue weighted by Gasteiger charge is -2.36. The standard InChI is InChI=1S/C21H29N5O/c1-3-4-5-9-22-20-15-19(23-16-24-20)21(27)26-12-10-25(11-13-26)18-8-6-7-17(2)14-18/h6-8,14-16H,3-5,9-13H2,1-2H3,(H,22,23,24). The Morgan fingerprint density at radius 3 is 2.67 bits per heavy atom. The fraction of sp³-hybridized carbons (Fsp3) is 0.476. The molecule has 1 aliphatic heterocycles. The van der Waals surface area contributed by atoms with E-state index in [4.69, 9.17) is 0 Å². The van der Waals surface area contributed by atoms with Crippen LogP contribution in [0.2, 0.25) is 0 Å². The van der Waals surface area contributed by atoms with E-state index in [-0.39, 0.29) is 5.91 Å². The fourth-order valence-electron chi connectivity index (χ4n) is 3.32. The van der Waals surface area contributed by atoms with E-state index in [1.807, 2.05) is 4.90 Å². The van der Waals surface area contributed by atoms with Crippen molar-refractivity contribution in [3.63, 3.8) is 0 Å². The number of unbranched alkanes of at least 4 members (excludes halogenated alkanes) is 2. The summed E-state index contributed by atoms with van der Waals surface area (Å²) in [5.74, 6) is 0.709. The van der Waals surface area contributed by atoms with Gasteiger partial charge < -0.3 is 15.1 Å². The number of carbonyl (C=O) groups excluding carboxylic acids is 1. The van der Waals surface area contributed by atoms with Crippen molar-refractivity contribution in [1.82, 2.24) is 14.9 Å². The Bertz CT molecular complexity index is 756. The lowest BCUT2D eigenvalue weighted by atomic mass is 10.2. The van der Waals surface area contributed by atoms with Crippen LogP contribution in [0, 0.1) is 6.92 Å². The monoisotopic (exact) mass is 367 g/mol. The zero-order chi connectivity index (χ0) is 19.1. The van der Waals surface area contributed by atoms with Gasteiger partial charge in [-0.25, -0.2) is 9.97 Å². The molecule has 2 heterocycles. The Labute approximate surface area is 161 Å². The molecule has 3 rings (SSSR count). The topological polar surface area (TPSA) is 61.4 Å². The van der Waals surface area contributed by atoms with E-state index >= 15 is 0 Å². The van der Waals surface area contributed by atoms with Crippen LogP contribution < -0.4 is 10.2 Å². The molecule has 0 saturated carbocycles. The third-order valence-electron chi connectivity index (χ3n) is 4.91. The molecule has 0 bridgehead atoms. The normalized spacial score (nSPS) is 14.3. The third kappa shape index (κ3) is 5.18. The summed E-state index contributed by atoms with van der Waals surface area (Å²) in [6.45, 7) is 8.23. The second-order valence-electron chi connectivity index (χ2n) is 7.04. The maximum atomic E-state index is 12.8. The van der Waals surface area contributed by atoms with Gasteiger partial charge in [-0.3, -0.25) is 4.79 Å². The van der Waals surface area contributed by atoms with E-state index in [1.54, 1.807) is 6.07 Å². The summed E-state index contributed by atoms with van der Waals surface area (Å²) in [5.41, 5.74) is 2.95. The van der Waals surface area contributed by atoms with Crippen molar-refractivity contribution in [1.29, 1.82) is 0 Å². The molecule has 6 heteroatoms. The lowest BCUT2D eigenvalue weighted by Crippen LogP contribution is -2.49. The molecule has 1 aromatic heterocycles. The number of nitrogens with one attached hydrogen (secondary N) is 1. The van der Waals surface area contributed by atoms with Gasteiger partial charge in [0.25, 0.3) is 5.91 Å². The number of carbonyl (C=O) groups is 1. The van der Waals surface area contributed by atoms with Gasteiger partial charge in [-0.1, -0.05) is 31.9 Å². The molecule has 2 aromatic rings. The molecule has 1 aromatic carbocycles. The van der Waals surface area contributed by atoms with Gasteiger partial charge in [0.1, 0.15) is 17.8 Å². The highest BCUT2D eigenvalue weighted by molar-refractivity contribution is 5.93. The van der Waals surface area contributed by atoms with E-state index in [9.17, 15) is 4.79 Å². The first-order valence-corrected chi connectivity index (χ1v) is 9.84. The first-order valence-electron chi connectivity index (χ1n) is 9.84. The number of hydrogen-bond donors (Lipinski definition) is 1. The second-order valence-corrected chi connectivity index (χ2v) is 7.04. The van der Waals surface area contributed by atoms with Gasteiger partial charge in [0.15, 0.2) is 0 Å². The molecule has 1 aliphatic rings. The van der Waals surface area contributed by atoms with E-state index in [0.29, 0.717) is 18.8 Å². The van der Waals surface area contributed by atoms with Crippen LogP contribution in [0.5, 0.6) is 0 Å². The predicted octanol–water partition coefficient (Wildman–Crippen LogP) is 3.35. The molecular formula is C21H29N5O. The van der Waals surface area contributed by atoms with Gasteiger partial charge in [-0.15, -0.1) is 0 Å². The highest BCUT2D eigenvalue weighted by Gasteiger charge is 2.23. The summed E-state index contributed by atoms with van der Waals surface area (Å²) < 4.78 is 0. The molecule has 6 nitrogen and oxygen atoms in total. The quantitative estimate of drug-likeness (QED) is 0.761. The number of aryl methyl sites for hydroxylation is 1. The number of piperazine rings is 1. The minimum Gasteiger partial charge on any atom is -0.370 e. The fourth-order valence-corrected chi connectivity index (χ4v) is 3.32. The molecule has 0 unspecified atom stereocenters. The summed E-state index contributed by atoms with van der Waals surface area (Å²) in [5, 5.41) is 3.28. The highest BCUT2D eigenvalue weighted by atomic mass is 16.2. The van der Waals surface area contributed by atoms with Crippen LogP contribution in [0.3, 0.4) is 0 Å². The molecule has 1 N–H and O–H groups in total. The molecule has 0 atom stereocenters. The molecule has 0 radical (unpaired) electrons. The van der Waals surface area contributed by atoms with Gasteiger partial charge in [0, 0.05) is 44.5 Å². The molecule has 1 amide bonds. The number of aromatic nitrogens is 2.